The molecule has 0 amide bonds. The fraction of sp³-hybridized carbons (Fsp3) is 0.231. The zero-order valence-corrected chi connectivity index (χ0v) is 11.2. The Balaban J connectivity index is 2.78. The molecule has 1 heterocycles. The zero-order valence-electron chi connectivity index (χ0n) is 10.5. The number of aromatic nitrogens is 1. The number of rotatable bonds is 3. The molecule has 1 aromatic carbocycles. The summed E-state index contributed by atoms with van der Waals surface area (Å²) in [6, 6.07) is 4.60. The standard InChI is InChI=1S/C13H12ClNO4/c1-18-10-4-3-8(14)12-9(16)5-6-15(13(10)12)7-11(17)19-2/h3-6H,7H2,1-2H3. The van der Waals surface area contributed by atoms with E-state index in [2.05, 4.69) is 4.74 Å². The summed E-state index contributed by atoms with van der Waals surface area (Å²) >= 11 is 6.05. The first-order valence-corrected chi connectivity index (χ1v) is 5.88. The molecule has 0 bridgehead atoms. The van der Waals surface area contributed by atoms with Crippen molar-refractivity contribution in [2.75, 3.05) is 14.2 Å². The van der Waals surface area contributed by atoms with Crippen molar-refractivity contribution < 1.29 is 14.3 Å². The summed E-state index contributed by atoms with van der Waals surface area (Å²) in [6.07, 6.45) is 1.51. The fourth-order valence-electron chi connectivity index (χ4n) is 1.88. The maximum absolute atomic E-state index is 11.9. The Hall–Kier alpha value is -2.01. The number of halogens is 1. The van der Waals surface area contributed by atoms with Crippen molar-refractivity contribution in [3.05, 3.63) is 39.6 Å². The summed E-state index contributed by atoms with van der Waals surface area (Å²) in [4.78, 5) is 23.3. The van der Waals surface area contributed by atoms with Crippen LogP contribution in [0.4, 0.5) is 0 Å². The maximum atomic E-state index is 11.9. The Kier molecular flexibility index (Phi) is 3.76. The molecule has 0 aliphatic heterocycles. The van der Waals surface area contributed by atoms with Gasteiger partial charge in [-0.15, -0.1) is 0 Å². The Morgan fingerprint density at radius 2 is 2.05 bits per heavy atom. The SMILES string of the molecule is COC(=O)Cn1ccc(=O)c2c(Cl)ccc(OC)c21. The van der Waals surface area contributed by atoms with E-state index in [9.17, 15) is 9.59 Å². The van der Waals surface area contributed by atoms with E-state index in [0.29, 0.717) is 21.7 Å². The lowest BCUT2D eigenvalue weighted by Crippen LogP contribution is -2.15. The van der Waals surface area contributed by atoms with E-state index < -0.39 is 5.97 Å². The highest BCUT2D eigenvalue weighted by molar-refractivity contribution is 6.35. The summed E-state index contributed by atoms with van der Waals surface area (Å²) in [5.74, 6) is 0.0491. The number of nitrogens with zero attached hydrogens (tertiary/aromatic N) is 1. The number of ether oxygens (including phenoxy) is 2. The van der Waals surface area contributed by atoms with E-state index in [1.165, 1.54) is 26.5 Å². The molecule has 2 rings (SSSR count). The molecule has 2 aromatic rings. The molecule has 100 valence electrons. The van der Waals surface area contributed by atoms with Crippen LogP contribution in [0, 0.1) is 0 Å². The van der Waals surface area contributed by atoms with E-state index in [4.69, 9.17) is 16.3 Å². The minimum absolute atomic E-state index is 0.0238. The third-order valence-corrected chi connectivity index (χ3v) is 3.09. The van der Waals surface area contributed by atoms with Gasteiger partial charge in [-0.3, -0.25) is 9.59 Å². The van der Waals surface area contributed by atoms with E-state index in [-0.39, 0.29) is 12.0 Å². The molecule has 0 fully saturated rings. The maximum Gasteiger partial charge on any atom is 0.325 e. The van der Waals surface area contributed by atoms with Gasteiger partial charge in [0.15, 0.2) is 5.43 Å². The average molecular weight is 282 g/mol. The van der Waals surface area contributed by atoms with Crippen LogP contribution in [0.1, 0.15) is 0 Å². The number of hydrogen-bond acceptors (Lipinski definition) is 4. The Morgan fingerprint density at radius 1 is 1.32 bits per heavy atom. The highest BCUT2D eigenvalue weighted by Gasteiger charge is 2.14. The summed E-state index contributed by atoms with van der Waals surface area (Å²) < 4.78 is 11.4. The van der Waals surface area contributed by atoms with Gasteiger partial charge in [-0.1, -0.05) is 11.6 Å². The highest BCUT2D eigenvalue weighted by Crippen LogP contribution is 2.29. The molecule has 1 aromatic heterocycles. The first kappa shape index (κ1) is 13.4. The van der Waals surface area contributed by atoms with E-state index >= 15 is 0 Å². The van der Waals surface area contributed by atoms with Gasteiger partial charge in [-0.2, -0.15) is 0 Å². The van der Waals surface area contributed by atoms with Crippen molar-refractivity contribution in [2.24, 2.45) is 0 Å². The fourth-order valence-corrected chi connectivity index (χ4v) is 2.13. The summed E-state index contributed by atoms with van der Waals surface area (Å²) in [5.41, 5.74) is 0.257. The topological polar surface area (TPSA) is 57.5 Å². The van der Waals surface area contributed by atoms with Crippen LogP contribution in [0.2, 0.25) is 5.02 Å². The monoisotopic (exact) mass is 281 g/mol. The molecule has 0 spiro atoms. The number of hydrogen-bond donors (Lipinski definition) is 0. The molecule has 19 heavy (non-hydrogen) atoms. The second-order valence-corrected chi connectivity index (χ2v) is 4.26. The van der Waals surface area contributed by atoms with Crippen LogP contribution >= 0.6 is 11.6 Å². The van der Waals surface area contributed by atoms with Gasteiger partial charge >= 0.3 is 5.97 Å². The predicted molar refractivity (Wildman–Crippen MR) is 71.8 cm³/mol. The third-order valence-electron chi connectivity index (χ3n) is 2.78. The first-order chi connectivity index (χ1) is 9.08. The Morgan fingerprint density at radius 3 is 2.68 bits per heavy atom. The molecule has 0 aliphatic carbocycles. The minimum Gasteiger partial charge on any atom is -0.495 e. The lowest BCUT2D eigenvalue weighted by molar-refractivity contribution is -0.141. The number of fused-ring (bicyclic) bond motifs is 1. The molecule has 0 aliphatic rings. The van der Waals surface area contributed by atoms with Gasteiger partial charge in [0.1, 0.15) is 12.3 Å². The van der Waals surface area contributed by atoms with Crippen LogP contribution in [0.3, 0.4) is 0 Å². The van der Waals surface area contributed by atoms with Gasteiger partial charge in [-0.25, -0.2) is 0 Å². The van der Waals surface area contributed by atoms with E-state index in [0.717, 1.165) is 0 Å². The highest BCUT2D eigenvalue weighted by atomic mass is 35.5. The third kappa shape index (κ3) is 2.42. The second-order valence-electron chi connectivity index (χ2n) is 3.86. The number of benzene rings is 1. The van der Waals surface area contributed by atoms with E-state index in [1.807, 2.05) is 0 Å². The van der Waals surface area contributed by atoms with Crippen LogP contribution in [0.5, 0.6) is 5.75 Å². The lowest BCUT2D eigenvalue weighted by Gasteiger charge is -2.13. The molecule has 6 heteroatoms. The van der Waals surface area contributed by atoms with Crippen molar-refractivity contribution in [2.45, 2.75) is 6.54 Å². The van der Waals surface area contributed by atoms with Gasteiger partial charge in [0.05, 0.1) is 30.1 Å². The van der Waals surface area contributed by atoms with Crippen molar-refractivity contribution in [3.63, 3.8) is 0 Å². The Labute approximate surface area is 114 Å². The number of esters is 1. The number of pyridine rings is 1. The molecule has 0 atom stereocenters. The van der Waals surface area contributed by atoms with Crippen LogP contribution < -0.4 is 10.2 Å². The second kappa shape index (κ2) is 5.32. The molecule has 0 saturated heterocycles. The average Bonchev–Trinajstić information content (AvgIpc) is 2.41. The van der Waals surface area contributed by atoms with Crippen molar-refractivity contribution in [3.8, 4) is 5.75 Å². The molecule has 0 saturated carbocycles. The lowest BCUT2D eigenvalue weighted by atomic mass is 10.2. The van der Waals surface area contributed by atoms with Gasteiger partial charge in [0, 0.05) is 12.3 Å². The number of carbonyl (C=O) groups is 1. The largest absolute Gasteiger partial charge is 0.495 e. The van der Waals surface area contributed by atoms with Gasteiger partial charge in [-0.05, 0) is 12.1 Å². The molecular weight excluding hydrogens is 270 g/mol. The summed E-state index contributed by atoms with van der Waals surface area (Å²) in [5, 5.41) is 0.646. The Bertz CT molecular complexity index is 693. The van der Waals surface area contributed by atoms with Crippen LogP contribution in [0.15, 0.2) is 29.2 Å². The van der Waals surface area contributed by atoms with Gasteiger partial charge in [0.25, 0.3) is 0 Å². The molecule has 0 radical (unpaired) electrons. The predicted octanol–water partition coefficient (Wildman–Crippen LogP) is 1.84. The summed E-state index contributed by atoms with van der Waals surface area (Å²) in [7, 11) is 2.79. The first-order valence-electron chi connectivity index (χ1n) is 5.51. The van der Waals surface area contributed by atoms with Gasteiger partial charge < -0.3 is 14.0 Å². The molecule has 0 N–H and O–H groups in total. The molecule has 5 nitrogen and oxygen atoms in total. The zero-order chi connectivity index (χ0) is 14.0. The number of methoxy groups -OCH3 is 2. The van der Waals surface area contributed by atoms with Crippen LogP contribution in [0.25, 0.3) is 10.9 Å². The van der Waals surface area contributed by atoms with Crippen LogP contribution in [-0.2, 0) is 16.1 Å². The van der Waals surface area contributed by atoms with Crippen molar-refractivity contribution >= 4 is 28.5 Å². The van der Waals surface area contributed by atoms with Crippen LogP contribution in [-0.4, -0.2) is 24.8 Å². The van der Waals surface area contributed by atoms with Gasteiger partial charge in [0.2, 0.25) is 0 Å². The number of carbonyl (C=O) groups excluding carboxylic acids is 1. The van der Waals surface area contributed by atoms with Crippen molar-refractivity contribution in [1.29, 1.82) is 0 Å². The van der Waals surface area contributed by atoms with Crippen molar-refractivity contribution in [1.82, 2.24) is 4.57 Å². The summed E-state index contributed by atoms with van der Waals surface area (Å²) in [6.45, 7) is -0.0238. The molecule has 0 unspecified atom stereocenters. The minimum atomic E-state index is -0.424. The van der Waals surface area contributed by atoms with E-state index in [1.54, 1.807) is 16.7 Å². The molecular formula is C13H12ClNO4. The normalized spacial score (nSPS) is 10.5. The smallest absolute Gasteiger partial charge is 0.325 e. The quantitative estimate of drug-likeness (QED) is 0.806.